The minimum atomic E-state index is -0.878. The highest BCUT2D eigenvalue weighted by molar-refractivity contribution is 6.31. The molecule has 0 aliphatic carbocycles. The van der Waals surface area contributed by atoms with E-state index < -0.39 is 11.0 Å². The Balaban J connectivity index is 1.74. The van der Waals surface area contributed by atoms with Gasteiger partial charge in [0.1, 0.15) is 11.5 Å². The Bertz CT molecular complexity index is 1360. The van der Waals surface area contributed by atoms with Crippen molar-refractivity contribution in [1.29, 1.82) is 0 Å². The Morgan fingerprint density at radius 2 is 1.93 bits per heavy atom. The fraction of sp³-hybridized carbons (Fsp3) is 0.333. The smallest absolute Gasteiger partial charge is 0.294 e. The number of rotatable bonds is 15. The number of amidine groups is 1. The van der Waals surface area contributed by atoms with Gasteiger partial charge in [-0.05, 0) is 36.0 Å². The van der Waals surface area contributed by atoms with Crippen LogP contribution in [0.4, 0.5) is 0 Å². The Labute approximate surface area is 236 Å². The average Bonchev–Trinajstić information content (AvgIpc) is 3.24. The third kappa shape index (κ3) is 8.10. The molecule has 1 heterocycles. The molecule has 40 heavy (non-hydrogen) atoms. The molecule has 0 aliphatic heterocycles. The van der Waals surface area contributed by atoms with Crippen LogP contribution in [0.3, 0.4) is 0 Å². The summed E-state index contributed by atoms with van der Waals surface area (Å²) in [6.07, 6.45) is 4.10. The maximum Gasteiger partial charge on any atom is 0.294 e. The van der Waals surface area contributed by atoms with Crippen molar-refractivity contribution in [2.75, 3.05) is 6.61 Å². The van der Waals surface area contributed by atoms with Gasteiger partial charge in [-0.2, -0.15) is 5.12 Å². The summed E-state index contributed by atoms with van der Waals surface area (Å²) in [6.45, 7) is 2.44. The second-order valence-electron chi connectivity index (χ2n) is 8.99. The number of nitrogens with two attached hydrogens (primary N) is 2. The molecule has 13 heteroatoms. The van der Waals surface area contributed by atoms with Crippen LogP contribution in [0.5, 0.6) is 0 Å². The standard InChI is InChI=1S/C27H32ClN7O5/c1-2-3-10-24-31-26(28)23(18-36)33(24)17-19-12-14-20(15-13-19)21-8-4-5-9-22(21)27(29)32-34(30)25(37)11-6-7-16-40-35(38)39/h4-5,8-9,12-15,18H,2-3,6-7,10-11,16-17,30H2,1H3,(H2,29,32). The molecule has 0 fully saturated rings. The molecule has 1 aromatic heterocycles. The summed E-state index contributed by atoms with van der Waals surface area (Å²) in [6, 6.07) is 15.1. The highest BCUT2D eigenvalue weighted by atomic mass is 35.5. The zero-order valence-electron chi connectivity index (χ0n) is 22.2. The first kappa shape index (κ1) is 30.3. The van der Waals surface area contributed by atoms with E-state index in [1.165, 1.54) is 0 Å². The number of hydrazine groups is 1. The van der Waals surface area contributed by atoms with E-state index in [1.54, 1.807) is 12.1 Å². The molecule has 0 aliphatic rings. The van der Waals surface area contributed by atoms with Crippen LogP contribution in [0.2, 0.25) is 5.15 Å². The molecule has 0 atom stereocenters. The Hall–Kier alpha value is -4.29. The number of carbonyl (C=O) groups excluding carboxylic acids is 2. The van der Waals surface area contributed by atoms with Crippen molar-refractivity contribution in [3.63, 3.8) is 0 Å². The second kappa shape index (κ2) is 14.8. The number of halogens is 1. The maximum absolute atomic E-state index is 12.3. The van der Waals surface area contributed by atoms with Crippen LogP contribution >= 0.6 is 11.6 Å². The van der Waals surface area contributed by atoms with Gasteiger partial charge in [-0.3, -0.25) is 9.59 Å². The predicted molar refractivity (Wildman–Crippen MR) is 151 cm³/mol. The zero-order chi connectivity index (χ0) is 29.1. The number of hydrazone groups is 1. The highest BCUT2D eigenvalue weighted by Crippen LogP contribution is 2.25. The summed E-state index contributed by atoms with van der Waals surface area (Å²) in [5.41, 5.74) is 9.79. The van der Waals surface area contributed by atoms with Gasteiger partial charge in [-0.15, -0.1) is 15.2 Å². The molecule has 0 bridgehead atoms. The van der Waals surface area contributed by atoms with Crippen molar-refractivity contribution in [2.24, 2.45) is 16.7 Å². The molecule has 3 rings (SSSR count). The van der Waals surface area contributed by atoms with Crippen LogP contribution in [-0.4, -0.2) is 44.4 Å². The van der Waals surface area contributed by atoms with E-state index in [1.807, 2.05) is 41.0 Å². The van der Waals surface area contributed by atoms with E-state index in [-0.39, 0.29) is 24.0 Å². The van der Waals surface area contributed by atoms with Crippen molar-refractivity contribution in [1.82, 2.24) is 14.7 Å². The number of aldehydes is 1. The Kier molecular flexibility index (Phi) is 11.2. The molecular weight excluding hydrogens is 538 g/mol. The van der Waals surface area contributed by atoms with E-state index in [2.05, 4.69) is 21.8 Å². The number of aryl methyl sites for hydroxylation is 1. The van der Waals surface area contributed by atoms with Crippen molar-refractivity contribution in [3.05, 3.63) is 86.4 Å². The number of hydrogen-bond acceptors (Lipinski definition) is 8. The molecule has 2 aromatic carbocycles. The monoisotopic (exact) mass is 569 g/mol. The van der Waals surface area contributed by atoms with Crippen LogP contribution in [0.1, 0.15) is 66.5 Å². The van der Waals surface area contributed by atoms with Gasteiger partial charge in [-0.1, -0.05) is 73.5 Å². The first-order valence-corrected chi connectivity index (χ1v) is 13.2. The third-order valence-corrected chi connectivity index (χ3v) is 6.45. The number of benzene rings is 2. The fourth-order valence-electron chi connectivity index (χ4n) is 4.08. The first-order valence-electron chi connectivity index (χ1n) is 12.8. The summed E-state index contributed by atoms with van der Waals surface area (Å²) in [5.74, 6) is 6.14. The SMILES string of the molecule is CCCCc1nc(Cl)c(C=O)n1Cc1ccc(-c2ccccc2/C(N)=N/N(N)C(=O)CCCCO[N+](=O)[O-])cc1. The minimum absolute atomic E-state index is 0.0333. The number of nitrogens with zero attached hydrogens (tertiary/aromatic N) is 5. The van der Waals surface area contributed by atoms with Crippen molar-refractivity contribution in [3.8, 4) is 11.1 Å². The zero-order valence-corrected chi connectivity index (χ0v) is 22.9. The summed E-state index contributed by atoms with van der Waals surface area (Å²) < 4.78 is 1.85. The topological polar surface area (TPSA) is 172 Å². The molecular formula is C27H32ClN7O5. The molecule has 4 N–H and O–H groups in total. The van der Waals surface area contributed by atoms with Gasteiger partial charge in [0.05, 0.1) is 6.61 Å². The van der Waals surface area contributed by atoms with Crippen molar-refractivity contribution in [2.45, 2.75) is 52.0 Å². The Morgan fingerprint density at radius 3 is 2.60 bits per heavy atom. The lowest BCUT2D eigenvalue weighted by atomic mass is 9.98. The molecule has 0 radical (unpaired) electrons. The average molecular weight is 570 g/mol. The van der Waals surface area contributed by atoms with Gasteiger partial charge in [0.15, 0.2) is 17.3 Å². The minimum Gasteiger partial charge on any atom is -0.382 e. The van der Waals surface area contributed by atoms with Gasteiger partial charge < -0.3 is 15.1 Å². The van der Waals surface area contributed by atoms with Crippen molar-refractivity contribution >= 4 is 29.6 Å². The van der Waals surface area contributed by atoms with Crippen LogP contribution in [0, 0.1) is 10.1 Å². The molecule has 0 saturated heterocycles. The summed E-state index contributed by atoms with van der Waals surface area (Å²) in [7, 11) is 0. The van der Waals surface area contributed by atoms with E-state index in [9.17, 15) is 19.7 Å². The van der Waals surface area contributed by atoms with Gasteiger partial charge in [-0.25, -0.2) is 10.8 Å². The normalized spacial score (nSPS) is 11.3. The molecule has 0 unspecified atom stereocenters. The van der Waals surface area contributed by atoms with E-state index in [4.69, 9.17) is 23.2 Å². The molecule has 1 amide bonds. The maximum atomic E-state index is 12.3. The number of imidazole rings is 1. The predicted octanol–water partition coefficient (Wildman–Crippen LogP) is 4.11. The third-order valence-electron chi connectivity index (χ3n) is 6.17. The number of unbranched alkanes of at least 4 members (excludes halogenated alkanes) is 2. The van der Waals surface area contributed by atoms with E-state index >= 15 is 0 Å². The largest absolute Gasteiger partial charge is 0.382 e. The number of amides is 1. The van der Waals surface area contributed by atoms with Crippen LogP contribution in [0.15, 0.2) is 53.6 Å². The van der Waals surface area contributed by atoms with Crippen LogP contribution in [0.25, 0.3) is 11.1 Å². The molecule has 3 aromatic rings. The molecule has 12 nitrogen and oxygen atoms in total. The molecule has 0 spiro atoms. The molecule has 212 valence electrons. The van der Waals surface area contributed by atoms with Crippen molar-refractivity contribution < 1.29 is 19.5 Å². The van der Waals surface area contributed by atoms with Gasteiger partial charge >= 0.3 is 0 Å². The summed E-state index contributed by atoms with van der Waals surface area (Å²) >= 11 is 6.20. The van der Waals surface area contributed by atoms with Gasteiger partial charge in [0.25, 0.3) is 11.0 Å². The molecule has 0 saturated carbocycles. The van der Waals surface area contributed by atoms with E-state index in [0.717, 1.165) is 48.1 Å². The second-order valence-corrected chi connectivity index (χ2v) is 9.35. The lowest BCUT2D eigenvalue weighted by Crippen LogP contribution is -2.35. The quantitative estimate of drug-likeness (QED) is 0.0402. The highest BCUT2D eigenvalue weighted by Gasteiger charge is 2.16. The van der Waals surface area contributed by atoms with Crippen LogP contribution in [-0.2, 0) is 22.6 Å². The summed E-state index contributed by atoms with van der Waals surface area (Å²) in [4.78, 5) is 42.8. The first-order chi connectivity index (χ1) is 19.2. The number of hydrogen-bond donors (Lipinski definition) is 2. The Morgan fingerprint density at radius 1 is 1.20 bits per heavy atom. The number of carbonyl (C=O) groups is 2. The van der Waals surface area contributed by atoms with Gasteiger partial charge in [0, 0.05) is 24.9 Å². The lowest BCUT2D eigenvalue weighted by molar-refractivity contribution is -0.757. The summed E-state index contributed by atoms with van der Waals surface area (Å²) in [5, 5.41) is 14.2. The number of aromatic nitrogens is 2. The van der Waals surface area contributed by atoms with Crippen LogP contribution < -0.4 is 11.6 Å². The lowest BCUT2D eigenvalue weighted by Gasteiger charge is -2.14. The fourth-order valence-corrected chi connectivity index (χ4v) is 4.33. The van der Waals surface area contributed by atoms with Gasteiger partial charge in [0.2, 0.25) is 0 Å². The van der Waals surface area contributed by atoms with E-state index in [0.29, 0.717) is 35.8 Å².